The predicted molar refractivity (Wildman–Crippen MR) is 71.8 cm³/mol. The largest absolute Gasteiger partial charge is 0.331 e. The highest BCUT2D eigenvalue weighted by Gasteiger charge is 2.50. The van der Waals surface area contributed by atoms with Crippen LogP contribution in [0.2, 0.25) is 0 Å². The minimum Gasteiger partial charge on any atom is -0.300 e. The second kappa shape index (κ2) is 4.55. The van der Waals surface area contributed by atoms with Crippen LogP contribution < -0.4 is 5.32 Å². The number of nitrogens with one attached hydrogen (secondary N) is 1. The molecule has 1 N–H and O–H groups in total. The van der Waals surface area contributed by atoms with Gasteiger partial charge >= 0.3 is 6.03 Å². The van der Waals surface area contributed by atoms with Crippen LogP contribution in [0.15, 0.2) is 0 Å². The lowest BCUT2D eigenvalue weighted by Gasteiger charge is -2.43. The zero-order valence-electron chi connectivity index (χ0n) is 12.0. The Labute approximate surface area is 118 Å². The maximum Gasteiger partial charge on any atom is 0.331 e. The van der Waals surface area contributed by atoms with Gasteiger partial charge in [0.05, 0.1) is 0 Å². The average molecular weight is 279 g/mol. The molecule has 3 fully saturated rings. The number of fused-ring (bicyclic) bond motifs is 1. The van der Waals surface area contributed by atoms with Gasteiger partial charge in [0.1, 0.15) is 5.41 Å². The summed E-state index contributed by atoms with van der Waals surface area (Å²) in [6.07, 6.45) is 3.98. The molecule has 3 aliphatic heterocycles. The lowest BCUT2D eigenvalue weighted by Crippen LogP contribution is -2.65. The van der Waals surface area contributed by atoms with Crippen LogP contribution in [0.5, 0.6) is 0 Å². The van der Waals surface area contributed by atoms with E-state index < -0.39 is 17.4 Å². The minimum absolute atomic E-state index is 0.0748. The van der Waals surface area contributed by atoms with Gasteiger partial charge in [0.15, 0.2) is 0 Å². The zero-order chi connectivity index (χ0) is 14.5. The number of piperidine rings is 1. The summed E-state index contributed by atoms with van der Waals surface area (Å²) in [7, 11) is 0. The number of amides is 4. The van der Waals surface area contributed by atoms with Crippen molar-refractivity contribution in [1.82, 2.24) is 15.1 Å². The summed E-state index contributed by atoms with van der Waals surface area (Å²) in [5.41, 5.74) is -1.15. The third-order valence-electron chi connectivity index (χ3n) is 4.92. The monoisotopic (exact) mass is 279 g/mol. The van der Waals surface area contributed by atoms with Crippen LogP contribution in [0.25, 0.3) is 0 Å². The second-order valence-corrected chi connectivity index (χ2v) is 6.57. The van der Waals surface area contributed by atoms with Crippen molar-refractivity contribution in [2.45, 2.75) is 51.6 Å². The summed E-state index contributed by atoms with van der Waals surface area (Å²) >= 11 is 0. The SMILES string of the molecule is CC1(C)C(=O)NC(=O)N(C2CCN3CCCC3C2)C1=O. The standard InChI is InChI=1S/C14H21N3O3/c1-14(2)11(18)15-13(20)17(12(14)19)10-5-7-16-6-3-4-9(16)8-10/h9-10H,3-8H2,1-2H3,(H,15,18,20). The molecule has 6 nitrogen and oxygen atoms in total. The molecule has 4 amide bonds. The van der Waals surface area contributed by atoms with E-state index in [9.17, 15) is 14.4 Å². The fourth-order valence-electron chi connectivity index (χ4n) is 3.57. The van der Waals surface area contributed by atoms with Gasteiger partial charge < -0.3 is 4.90 Å². The number of urea groups is 1. The molecular weight excluding hydrogens is 258 g/mol. The quantitative estimate of drug-likeness (QED) is 0.718. The molecule has 0 aliphatic carbocycles. The zero-order valence-corrected chi connectivity index (χ0v) is 12.0. The Bertz CT molecular complexity index is 474. The number of carbonyl (C=O) groups is 3. The Kier molecular flexibility index (Phi) is 3.08. The number of imide groups is 2. The van der Waals surface area contributed by atoms with E-state index >= 15 is 0 Å². The maximum absolute atomic E-state index is 12.5. The number of carbonyl (C=O) groups excluding carboxylic acids is 3. The molecule has 0 aromatic carbocycles. The van der Waals surface area contributed by atoms with Gasteiger partial charge in [0.2, 0.25) is 11.8 Å². The van der Waals surface area contributed by atoms with Gasteiger partial charge in [-0.1, -0.05) is 0 Å². The fraction of sp³-hybridized carbons (Fsp3) is 0.786. The van der Waals surface area contributed by atoms with Crippen LogP contribution in [-0.2, 0) is 9.59 Å². The minimum atomic E-state index is -1.15. The van der Waals surface area contributed by atoms with Crippen molar-refractivity contribution in [2.24, 2.45) is 5.41 Å². The molecule has 0 bridgehead atoms. The molecule has 0 radical (unpaired) electrons. The van der Waals surface area contributed by atoms with E-state index in [-0.39, 0.29) is 11.9 Å². The van der Waals surface area contributed by atoms with Gasteiger partial charge in [0.25, 0.3) is 0 Å². The van der Waals surface area contributed by atoms with E-state index in [0.717, 1.165) is 32.4 Å². The Morgan fingerprint density at radius 3 is 2.60 bits per heavy atom. The Hall–Kier alpha value is -1.43. The van der Waals surface area contributed by atoms with Crippen molar-refractivity contribution < 1.29 is 14.4 Å². The van der Waals surface area contributed by atoms with E-state index in [1.54, 1.807) is 13.8 Å². The summed E-state index contributed by atoms with van der Waals surface area (Å²) in [4.78, 5) is 40.0. The molecule has 20 heavy (non-hydrogen) atoms. The first-order valence-corrected chi connectivity index (χ1v) is 7.34. The first-order valence-electron chi connectivity index (χ1n) is 7.34. The van der Waals surface area contributed by atoms with Crippen molar-refractivity contribution in [3.63, 3.8) is 0 Å². The maximum atomic E-state index is 12.5. The number of hydrogen-bond acceptors (Lipinski definition) is 4. The molecule has 0 aromatic rings. The van der Waals surface area contributed by atoms with Crippen molar-refractivity contribution in [2.75, 3.05) is 13.1 Å². The van der Waals surface area contributed by atoms with E-state index in [2.05, 4.69) is 10.2 Å². The molecule has 110 valence electrons. The topological polar surface area (TPSA) is 69.7 Å². The summed E-state index contributed by atoms with van der Waals surface area (Å²) in [6.45, 7) is 5.21. The average Bonchev–Trinajstić information content (AvgIpc) is 2.84. The first-order chi connectivity index (χ1) is 9.41. The molecule has 0 spiro atoms. The fourth-order valence-corrected chi connectivity index (χ4v) is 3.57. The second-order valence-electron chi connectivity index (χ2n) is 6.57. The van der Waals surface area contributed by atoms with E-state index in [1.165, 1.54) is 11.3 Å². The molecule has 0 aromatic heterocycles. The number of nitrogens with zero attached hydrogens (tertiary/aromatic N) is 2. The normalized spacial score (nSPS) is 34.1. The molecule has 6 heteroatoms. The van der Waals surface area contributed by atoms with Crippen LogP contribution in [-0.4, -0.2) is 52.8 Å². The summed E-state index contributed by atoms with van der Waals surface area (Å²) in [5.74, 6) is -0.857. The van der Waals surface area contributed by atoms with E-state index in [0.29, 0.717) is 6.04 Å². The summed E-state index contributed by atoms with van der Waals surface area (Å²) in [6, 6.07) is -0.139. The number of hydrogen-bond donors (Lipinski definition) is 1. The van der Waals surface area contributed by atoms with E-state index in [4.69, 9.17) is 0 Å². The number of rotatable bonds is 1. The lowest BCUT2D eigenvalue weighted by atomic mass is 9.86. The van der Waals surface area contributed by atoms with Crippen molar-refractivity contribution in [3.05, 3.63) is 0 Å². The third-order valence-corrected chi connectivity index (χ3v) is 4.92. The van der Waals surface area contributed by atoms with Crippen molar-refractivity contribution in [3.8, 4) is 0 Å². The highest BCUT2D eigenvalue weighted by Crippen LogP contribution is 2.33. The van der Waals surface area contributed by atoms with Crippen LogP contribution >= 0.6 is 0 Å². The molecule has 3 heterocycles. The van der Waals surface area contributed by atoms with Gasteiger partial charge in [-0.25, -0.2) is 4.79 Å². The predicted octanol–water partition coefficient (Wildman–Crippen LogP) is 0.718. The van der Waals surface area contributed by atoms with Gasteiger partial charge in [-0.15, -0.1) is 0 Å². The van der Waals surface area contributed by atoms with Crippen molar-refractivity contribution in [1.29, 1.82) is 0 Å². The van der Waals surface area contributed by atoms with Crippen LogP contribution in [0.1, 0.15) is 39.5 Å². The van der Waals surface area contributed by atoms with Gasteiger partial charge in [-0.05, 0) is 46.1 Å². The first kappa shape index (κ1) is 13.5. The molecular formula is C14H21N3O3. The lowest BCUT2D eigenvalue weighted by molar-refractivity contribution is -0.151. The molecule has 2 unspecified atom stereocenters. The van der Waals surface area contributed by atoms with E-state index in [1.807, 2.05) is 0 Å². The Balaban J connectivity index is 1.80. The van der Waals surface area contributed by atoms with Gasteiger partial charge in [0, 0.05) is 18.6 Å². The van der Waals surface area contributed by atoms with Crippen LogP contribution in [0.3, 0.4) is 0 Å². The smallest absolute Gasteiger partial charge is 0.300 e. The number of barbiturate groups is 1. The molecule has 3 aliphatic rings. The summed E-state index contributed by atoms with van der Waals surface area (Å²) in [5, 5.41) is 2.32. The molecule has 0 saturated carbocycles. The molecule has 3 rings (SSSR count). The van der Waals surface area contributed by atoms with Crippen molar-refractivity contribution >= 4 is 17.8 Å². The third kappa shape index (κ3) is 1.93. The Morgan fingerprint density at radius 2 is 1.85 bits per heavy atom. The highest BCUT2D eigenvalue weighted by atomic mass is 16.2. The van der Waals surface area contributed by atoms with Gasteiger partial charge in [-0.2, -0.15) is 0 Å². The Morgan fingerprint density at radius 1 is 1.10 bits per heavy atom. The van der Waals surface area contributed by atoms with Crippen LogP contribution in [0, 0.1) is 5.41 Å². The van der Waals surface area contributed by atoms with Gasteiger partial charge in [-0.3, -0.25) is 19.8 Å². The van der Waals surface area contributed by atoms with Crippen LogP contribution in [0.4, 0.5) is 4.79 Å². The highest BCUT2D eigenvalue weighted by molar-refractivity contribution is 6.18. The summed E-state index contributed by atoms with van der Waals surface area (Å²) < 4.78 is 0. The molecule has 3 saturated heterocycles. The molecule has 2 atom stereocenters.